The molecule has 0 spiro atoms. The zero-order valence-corrected chi connectivity index (χ0v) is 12.9. The van der Waals surface area contributed by atoms with Crippen LogP contribution in [0, 0.1) is 6.92 Å². The molecule has 0 radical (unpaired) electrons. The maximum Gasteiger partial charge on any atom is 0.412 e. The molecule has 4 nitrogen and oxygen atoms in total. The lowest BCUT2D eigenvalue weighted by Gasteiger charge is -2.27. The average Bonchev–Trinajstić information content (AvgIpc) is 2.96. The van der Waals surface area contributed by atoms with Gasteiger partial charge in [0.15, 0.2) is 0 Å². The molecular weight excluding hydrogens is 321 g/mol. The number of hydrogen-bond donors (Lipinski definition) is 0. The first-order valence-electron chi connectivity index (χ1n) is 7.45. The summed E-state index contributed by atoms with van der Waals surface area (Å²) in [5.41, 5.74) is 0.840. The first kappa shape index (κ1) is 16.3. The largest absolute Gasteiger partial charge is 0.412 e. The van der Waals surface area contributed by atoms with Gasteiger partial charge >= 0.3 is 6.18 Å². The van der Waals surface area contributed by atoms with Crippen LogP contribution in [0.4, 0.5) is 13.2 Å². The van der Waals surface area contributed by atoms with E-state index in [0.29, 0.717) is 17.0 Å². The summed E-state index contributed by atoms with van der Waals surface area (Å²) in [5, 5.41) is 3.94. The van der Waals surface area contributed by atoms with Gasteiger partial charge in [-0.3, -0.25) is 4.79 Å². The van der Waals surface area contributed by atoms with Crippen LogP contribution in [0.5, 0.6) is 0 Å². The van der Waals surface area contributed by atoms with Crippen LogP contribution in [0.3, 0.4) is 0 Å². The molecule has 0 fully saturated rings. The summed E-state index contributed by atoms with van der Waals surface area (Å²) >= 11 is 0. The van der Waals surface area contributed by atoms with Crippen molar-refractivity contribution in [2.75, 3.05) is 13.1 Å². The summed E-state index contributed by atoms with van der Waals surface area (Å²) in [5.74, 6) is -0.0190. The molecule has 0 atom stereocenters. The fourth-order valence-corrected chi connectivity index (χ4v) is 2.69. The van der Waals surface area contributed by atoms with Crippen molar-refractivity contribution in [1.29, 1.82) is 0 Å². The van der Waals surface area contributed by atoms with E-state index in [2.05, 4.69) is 5.16 Å². The van der Waals surface area contributed by atoms with Crippen LogP contribution in [0.1, 0.15) is 22.5 Å². The van der Waals surface area contributed by atoms with Gasteiger partial charge in [-0.15, -0.1) is 0 Å². The first-order chi connectivity index (χ1) is 11.4. The van der Waals surface area contributed by atoms with Crippen LogP contribution in [0.2, 0.25) is 0 Å². The minimum atomic E-state index is -4.34. The second-order valence-electron chi connectivity index (χ2n) is 5.56. The summed E-state index contributed by atoms with van der Waals surface area (Å²) < 4.78 is 43.2. The average molecular weight is 336 g/mol. The molecule has 0 bridgehead atoms. The van der Waals surface area contributed by atoms with Crippen LogP contribution >= 0.6 is 0 Å². The number of nitrogens with zero attached hydrogens (tertiary/aromatic N) is 2. The van der Waals surface area contributed by atoms with E-state index in [-0.39, 0.29) is 25.4 Å². The Balaban J connectivity index is 1.87. The van der Waals surface area contributed by atoms with Crippen molar-refractivity contribution in [2.45, 2.75) is 19.5 Å². The van der Waals surface area contributed by atoms with Crippen molar-refractivity contribution < 1.29 is 22.5 Å². The van der Waals surface area contributed by atoms with Gasteiger partial charge in [0.2, 0.25) is 0 Å². The molecule has 0 saturated carbocycles. The number of benzene rings is 1. The molecule has 7 heteroatoms. The molecule has 3 rings (SSSR count). The Labute approximate surface area is 136 Å². The van der Waals surface area contributed by atoms with Gasteiger partial charge in [0, 0.05) is 24.2 Å². The van der Waals surface area contributed by atoms with Crippen LogP contribution in [0.25, 0.3) is 11.3 Å². The van der Waals surface area contributed by atoms with Gasteiger partial charge in [0.05, 0.1) is 0 Å². The lowest BCUT2D eigenvalue weighted by atomic mass is 10.0. The maximum absolute atomic E-state index is 12.7. The number of rotatable bonds is 2. The van der Waals surface area contributed by atoms with Gasteiger partial charge in [0.1, 0.15) is 17.0 Å². The Morgan fingerprint density at radius 3 is 2.54 bits per heavy atom. The number of aryl methyl sites for hydroxylation is 1. The third-order valence-electron chi connectivity index (χ3n) is 3.98. The summed E-state index contributed by atoms with van der Waals surface area (Å²) in [7, 11) is 0. The first-order valence-corrected chi connectivity index (χ1v) is 7.45. The van der Waals surface area contributed by atoms with E-state index in [1.807, 2.05) is 18.2 Å². The molecule has 1 aromatic heterocycles. The minimum Gasteiger partial charge on any atom is -0.360 e. The third kappa shape index (κ3) is 3.06. The molecule has 1 aliphatic rings. The standard InChI is InChI=1S/C17H15F3N2O2/c1-11-14(15(21-24-11)12-5-3-2-4-6-12)16(23)22-9-7-13(8-10-22)17(18,19)20/h2-7H,8-10H2,1H3. The minimum absolute atomic E-state index is 0.0169. The Bertz CT molecular complexity index is 779. The van der Waals surface area contributed by atoms with Crippen LogP contribution in [-0.4, -0.2) is 35.2 Å². The topological polar surface area (TPSA) is 46.3 Å². The lowest BCUT2D eigenvalue weighted by molar-refractivity contribution is -0.0957. The highest BCUT2D eigenvalue weighted by Crippen LogP contribution is 2.32. The van der Waals surface area contributed by atoms with Gasteiger partial charge < -0.3 is 9.42 Å². The molecule has 0 aliphatic carbocycles. The SMILES string of the molecule is Cc1onc(-c2ccccc2)c1C(=O)N1CC=C(C(F)(F)F)CC1. The maximum atomic E-state index is 12.7. The van der Waals surface area contributed by atoms with Crippen molar-refractivity contribution in [3.05, 3.63) is 53.3 Å². The number of carbonyl (C=O) groups excluding carboxylic acids is 1. The summed E-state index contributed by atoms with van der Waals surface area (Å²) in [6.07, 6.45) is -3.48. The molecule has 1 aliphatic heterocycles. The fourth-order valence-electron chi connectivity index (χ4n) is 2.69. The molecule has 0 N–H and O–H groups in total. The van der Waals surface area contributed by atoms with Crippen molar-refractivity contribution in [3.63, 3.8) is 0 Å². The molecule has 24 heavy (non-hydrogen) atoms. The summed E-state index contributed by atoms with van der Waals surface area (Å²) in [6.45, 7) is 1.56. The second-order valence-corrected chi connectivity index (χ2v) is 5.56. The van der Waals surface area contributed by atoms with Crippen molar-refractivity contribution >= 4 is 5.91 Å². The lowest BCUT2D eigenvalue weighted by Crippen LogP contribution is -2.37. The van der Waals surface area contributed by atoms with Gasteiger partial charge in [-0.25, -0.2) is 0 Å². The number of carbonyl (C=O) groups is 1. The van der Waals surface area contributed by atoms with E-state index in [9.17, 15) is 18.0 Å². The number of amides is 1. The molecule has 2 heterocycles. The zero-order chi connectivity index (χ0) is 17.3. The van der Waals surface area contributed by atoms with E-state index in [0.717, 1.165) is 11.6 Å². The van der Waals surface area contributed by atoms with Crippen molar-refractivity contribution in [3.8, 4) is 11.3 Å². The number of alkyl halides is 3. The molecule has 0 unspecified atom stereocenters. The summed E-state index contributed by atoms with van der Waals surface area (Å²) in [6, 6.07) is 9.06. The Hall–Kier alpha value is -2.57. The van der Waals surface area contributed by atoms with Gasteiger partial charge in [-0.2, -0.15) is 13.2 Å². The smallest absolute Gasteiger partial charge is 0.360 e. The van der Waals surface area contributed by atoms with Crippen molar-refractivity contribution in [2.24, 2.45) is 0 Å². The van der Waals surface area contributed by atoms with Crippen LogP contribution < -0.4 is 0 Å². The van der Waals surface area contributed by atoms with Gasteiger partial charge in [-0.1, -0.05) is 41.6 Å². The zero-order valence-electron chi connectivity index (χ0n) is 12.9. The van der Waals surface area contributed by atoms with Gasteiger partial charge in [-0.05, 0) is 13.3 Å². The van der Waals surface area contributed by atoms with Crippen molar-refractivity contribution in [1.82, 2.24) is 10.1 Å². The predicted molar refractivity (Wildman–Crippen MR) is 81.3 cm³/mol. The molecule has 2 aromatic rings. The van der Waals surface area contributed by atoms with E-state index in [1.54, 1.807) is 19.1 Å². The Kier molecular flexibility index (Phi) is 4.17. The Morgan fingerprint density at radius 2 is 1.96 bits per heavy atom. The highest BCUT2D eigenvalue weighted by Gasteiger charge is 2.36. The highest BCUT2D eigenvalue weighted by molar-refractivity contribution is 6.00. The molecule has 0 saturated heterocycles. The van der Waals surface area contributed by atoms with Crippen LogP contribution in [-0.2, 0) is 0 Å². The van der Waals surface area contributed by atoms with E-state index >= 15 is 0 Å². The van der Waals surface area contributed by atoms with E-state index in [1.165, 1.54) is 4.90 Å². The summed E-state index contributed by atoms with van der Waals surface area (Å²) in [4.78, 5) is 14.1. The normalized spacial score (nSPS) is 15.3. The molecule has 1 amide bonds. The monoisotopic (exact) mass is 336 g/mol. The second kappa shape index (κ2) is 6.14. The number of halogens is 3. The molecule has 1 aromatic carbocycles. The third-order valence-corrected chi connectivity index (χ3v) is 3.98. The predicted octanol–water partition coefficient (Wildman–Crippen LogP) is 3.98. The number of hydrogen-bond acceptors (Lipinski definition) is 3. The van der Waals surface area contributed by atoms with E-state index < -0.39 is 11.7 Å². The molecule has 126 valence electrons. The van der Waals surface area contributed by atoms with Gasteiger partial charge in [0.25, 0.3) is 5.91 Å². The quantitative estimate of drug-likeness (QED) is 0.779. The van der Waals surface area contributed by atoms with Crippen LogP contribution in [0.15, 0.2) is 46.5 Å². The van der Waals surface area contributed by atoms with E-state index in [4.69, 9.17) is 4.52 Å². The molecular formula is C17H15F3N2O2. The Morgan fingerprint density at radius 1 is 1.25 bits per heavy atom. The fraction of sp³-hybridized carbons (Fsp3) is 0.294. The number of aromatic nitrogens is 1. The highest BCUT2D eigenvalue weighted by atomic mass is 19.4.